The smallest absolute Gasteiger partial charge is 0.124 e. The van der Waals surface area contributed by atoms with Crippen LogP contribution in [0.2, 0.25) is 0 Å². The van der Waals surface area contributed by atoms with Crippen LogP contribution < -0.4 is 10.6 Å². The second-order valence-corrected chi connectivity index (χ2v) is 5.40. The van der Waals surface area contributed by atoms with Gasteiger partial charge < -0.3 is 10.6 Å². The minimum absolute atomic E-state index is 0.114. The minimum Gasteiger partial charge on any atom is -0.384 e. The van der Waals surface area contributed by atoms with Gasteiger partial charge in [-0.15, -0.1) is 11.3 Å². The topological polar surface area (TPSA) is 53.1 Å². The summed E-state index contributed by atoms with van der Waals surface area (Å²) in [6.45, 7) is 2.88. The van der Waals surface area contributed by atoms with Gasteiger partial charge in [-0.3, -0.25) is 5.41 Å². The molecule has 3 N–H and O–H groups in total. The molecule has 4 heteroatoms. The van der Waals surface area contributed by atoms with Gasteiger partial charge in [-0.1, -0.05) is 12.1 Å². The third-order valence-corrected chi connectivity index (χ3v) is 3.69. The fourth-order valence-electron chi connectivity index (χ4n) is 1.91. The van der Waals surface area contributed by atoms with Crippen molar-refractivity contribution >= 4 is 22.9 Å². The molecule has 0 radical (unpaired) electrons. The van der Waals surface area contributed by atoms with E-state index in [1.807, 2.05) is 26.1 Å². The van der Waals surface area contributed by atoms with E-state index >= 15 is 0 Å². The zero-order valence-corrected chi connectivity index (χ0v) is 11.4. The quantitative estimate of drug-likeness (QED) is 0.655. The molecule has 0 spiro atoms. The highest BCUT2D eigenvalue weighted by molar-refractivity contribution is 7.09. The lowest BCUT2D eigenvalue weighted by Gasteiger charge is -2.22. The standard InChI is InChI=1S/C14H17N3S/c1-10-5-6-12(14(15)16)13(8-10)17(2)9-11-4-3-7-18-11/h3-8H,9H2,1-2H3,(H3,15,16). The largest absolute Gasteiger partial charge is 0.384 e. The van der Waals surface area contributed by atoms with Crippen molar-refractivity contribution in [1.29, 1.82) is 5.41 Å². The highest BCUT2D eigenvalue weighted by atomic mass is 32.1. The number of aryl methyl sites for hydroxylation is 1. The Kier molecular flexibility index (Phi) is 3.67. The number of rotatable bonds is 4. The molecule has 0 bridgehead atoms. The summed E-state index contributed by atoms with van der Waals surface area (Å²) in [5, 5.41) is 9.72. The first-order chi connectivity index (χ1) is 8.58. The van der Waals surface area contributed by atoms with E-state index in [1.54, 1.807) is 11.3 Å². The van der Waals surface area contributed by atoms with Crippen LogP contribution in [0.3, 0.4) is 0 Å². The van der Waals surface area contributed by atoms with Crippen molar-refractivity contribution in [1.82, 2.24) is 0 Å². The van der Waals surface area contributed by atoms with Crippen LogP contribution >= 0.6 is 11.3 Å². The first kappa shape index (κ1) is 12.6. The molecular formula is C14H17N3S. The number of benzene rings is 1. The molecule has 0 saturated heterocycles. The molecule has 0 saturated carbocycles. The molecule has 0 aliphatic rings. The third-order valence-electron chi connectivity index (χ3n) is 2.83. The van der Waals surface area contributed by atoms with Crippen LogP contribution in [0.5, 0.6) is 0 Å². The molecule has 1 aromatic carbocycles. The molecule has 0 amide bonds. The summed E-state index contributed by atoms with van der Waals surface area (Å²) < 4.78 is 0. The van der Waals surface area contributed by atoms with E-state index in [1.165, 1.54) is 10.4 Å². The number of anilines is 1. The Morgan fingerprint density at radius 1 is 1.39 bits per heavy atom. The SMILES string of the molecule is Cc1ccc(C(=N)N)c(N(C)Cc2cccs2)c1. The van der Waals surface area contributed by atoms with Crippen molar-refractivity contribution in [3.8, 4) is 0 Å². The van der Waals surface area contributed by atoms with Gasteiger partial charge in [0.25, 0.3) is 0 Å². The zero-order chi connectivity index (χ0) is 13.1. The van der Waals surface area contributed by atoms with Gasteiger partial charge in [0.1, 0.15) is 5.84 Å². The minimum atomic E-state index is 0.114. The number of nitrogens with two attached hydrogens (primary N) is 1. The van der Waals surface area contributed by atoms with Crippen molar-refractivity contribution in [2.24, 2.45) is 5.73 Å². The Labute approximate surface area is 111 Å². The number of nitrogens with one attached hydrogen (secondary N) is 1. The van der Waals surface area contributed by atoms with E-state index in [9.17, 15) is 0 Å². The Bertz CT molecular complexity index is 546. The summed E-state index contributed by atoms with van der Waals surface area (Å²) in [5.41, 5.74) is 8.61. The van der Waals surface area contributed by atoms with Crippen molar-refractivity contribution in [3.05, 3.63) is 51.7 Å². The summed E-state index contributed by atoms with van der Waals surface area (Å²) in [5.74, 6) is 0.114. The lowest BCUT2D eigenvalue weighted by atomic mass is 10.1. The molecule has 0 unspecified atom stereocenters. The highest BCUT2D eigenvalue weighted by Crippen LogP contribution is 2.23. The van der Waals surface area contributed by atoms with Gasteiger partial charge in [-0.2, -0.15) is 0 Å². The highest BCUT2D eigenvalue weighted by Gasteiger charge is 2.10. The van der Waals surface area contributed by atoms with Crippen LogP contribution in [0, 0.1) is 12.3 Å². The zero-order valence-electron chi connectivity index (χ0n) is 10.6. The second-order valence-electron chi connectivity index (χ2n) is 4.37. The fourth-order valence-corrected chi connectivity index (χ4v) is 2.66. The summed E-state index contributed by atoms with van der Waals surface area (Å²) in [7, 11) is 2.03. The van der Waals surface area contributed by atoms with E-state index < -0.39 is 0 Å². The lowest BCUT2D eigenvalue weighted by molar-refractivity contribution is 0.937. The molecule has 3 nitrogen and oxygen atoms in total. The average Bonchev–Trinajstić information content (AvgIpc) is 2.81. The van der Waals surface area contributed by atoms with E-state index in [-0.39, 0.29) is 5.84 Å². The summed E-state index contributed by atoms with van der Waals surface area (Å²) in [4.78, 5) is 3.43. The van der Waals surface area contributed by atoms with Gasteiger partial charge in [0.05, 0.1) is 6.54 Å². The molecular weight excluding hydrogens is 242 g/mol. The molecule has 0 fully saturated rings. The molecule has 2 aromatic rings. The summed E-state index contributed by atoms with van der Waals surface area (Å²) >= 11 is 1.74. The molecule has 1 aromatic heterocycles. The Morgan fingerprint density at radius 3 is 2.78 bits per heavy atom. The van der Waals surface area contributed by atoms with Gasteiger partial charge in [0.15, 0.2) is 0 Å². The Balaban J connectivity index is 2.31. The van der Waals surface area contributed by atoms with Crippen molar-refractivity contribution in [3.63, 3.8) is 0 Å². The monoisotopic (exact) mass is 259 g/mol. The average molecular weight is 259 g/mol. The molecule has 0 atom stereocenters. The number of nitrogens with zero attached hydrogens (tertiary/aromatic N) is 1. The van der Waals surface area contributed by atoms with E-state index in [0.29, 0.717) is 0 Å². The number of amidine groups is 1. The maximum absolute atomic E-state index is 7.64. The first-order valence-electron chi connectivity index (χ1n) is 5.76. The van der Waals surface area contributed by atoms with Crippen LogP contribution in [0.15, 0.2) is 35.7 Å². The fraction of sp³-hybridized carbons (Fsp3) is 0.214. The van der Waals surface area contributed by atoms with Gasteiger partial charge in [0.2, 0.25) is 0 Å². The molecule has 2 rings (SSSR count). The van der Waals surface area contributed by atoms with E-state index in [2.05, 4.69) is 28.5 Å². The van der Waals surface area contributed by atoms with Crippen LogP contribution in [0.25, 0.3) is 0 Å². The van der Waals surface area contributed by atoms with Gasteiger partial charge in [0, 0.05) is 23.2 Å². The summed E-state index contributed by atoms with van der Waals surface area (Å²) in [6.07, 6.45) is 0. The van der Waals surface area contributed by atoms with Crippen molar-refractivity contribution in [2.45, 2.75) is 13.5 Å². The number of hydrogen-bond donors (Lipinski definition) is 2. The van der Waals surface area contributed by atoms with Crippen LogP contribution in [0.1, 0.15) is 16.0 Å². The van der Waals surface area contributed by atoms with Gasteiger partial charge in [-0.05, 0) is 36.1 Å². The maximum Gasteiger partial charge on any atom is 0.124 e. The van der Waals surface area contributed by atoms with Crippen LogP contribution in [-0.4, -0.2) is 12.9 Å². The number of nitrogen functional groups attached to an aromatic ring is 1. The maximum atomic E-state index is 7.64. The van der Waals surface area contributed by atoms with Gasteiger partial charge in [-0.25, -0.2) is 0 Å². The number of hydrogen-bond acceptors (Lipinski definition) is 3. The molecule has 18 heavy (non-hydrogen) atoms. The Morgan fingerprint density at radius 2 is 2.17 bits per heavy atom. The molecule has 0 aliphatic carbocycles. The van der Waals surface area contributed by atoms with E-state index in [4.69, 9.17) is 11.1 Å². The predicted octanol–water partition coefficient (Wildman–Crippen LogP) is 2.98. The van der Waals surface area contributed by atoms with E-state index in [0.717, 1.165) is 17.8 Å². The molecule has 1 heterocycles. The normalized spacial score (nSPS) is 10.3. The van der Waals surface area contributed by atoms with Crippen LogP contribution in [0.4, 0.5) is 5.69 Å². The van der Waals surface area contributed by atoms with Crippen molar-refractivity contribution < 1.29 is 0 Å². The predicted molar refractivity (Wildman–Crippen MR) is 78.6 cm³/mol. The lowest BCUT2D eigenvalue weighted by Crippen LogP contribution is -2.21. The summed E-state index contributed by atoms with van der Waals surface area (Å²) in [6, 6.07) is 10.1. The molecule has 0 aliphatic heterocycles. The second kappa shape index (κ2) is 5.23. The van der Waals surface area contributed by atoms with Crippen LogP contribution in [-0.2, 0) is 6.54 Å². The number of thiophene rings is 1. The first-order valence-corrected chi connectivity index (χ1v) is 6.64. The third kappa shape index (κ3) is 2.71. The Hall–Kier alpha value is -1.81. The van der Waals surface area contributed by atoms with Crippen molar-refractivity contribution in [2.75, 3.05) is 11.9 Å². The molecule has 94 valence electrons. The van der Waals surface area contributed by atoms with Gasteiger partial charge >= 0.3 is 0 Å².